The van der Waals surface area contributed by atoms with Gasteiger partial charge in [0.2, 0.25) is 11.1 Å². The molecule has 2 N–H and O–H groups in total. The second-order valence-corrected chi connectivity index (χ2v) is 7.32. The zero-order chi connectivity index (χ0) is 19.0. The number of aryl methyl sites for hydroxylation is 2. The number of amides is 1. The molecule has 0 saturated carbocycles. The number of aliphatic hydroxyl groups excluding tert-OH is 1. The molecule has 0 bridgehead atoms. The van der Waals surface area contributed by atoms with Gasteiger partial charge in [-0.25, -0.2) is 4.98 Å². The number of fused-ring (bicyclic) bond motifs is 1. The average Bonchev–Trinajstić information content (AvgIpc) is 3.37. The van der Waals surface area contributed by atoms with Crippen LogP contribution >= 0.6 is 11.8 Å². The second kappa shape index (κ2) is 7.16. The van der Waals surface area contributed by atoms with E-state index in [0.29, 0.717) is 36.2 Å². The Balaban J connectivity index is 1.41. The van der Waals surface area contributed by atoms with Crippen LogP contribution in [0.25, 0.3) is 0 Å². The van der Waals surface area contributed by atoms with Crippen molar-refractivity contribution < 1.29 is 9.90 Å². The Bertz CT molecular complexity index is 961. The van der Waals surface area contributed by atoms with Gasteiger partial charge in [-0.3, -0.25) is 19.3 Å². The summed E-state index contributed by atoms with van der Waals surface area (Å²) >= 11 is 1.32. The van der Waals surface area contributed by atoms with Crippen LogP contribution < -0.4 is 0 Å². The molecule has 0 aliphatic carbocycles. The molecular formula is C16H20N8O2S. The van der Waals surface area contributed by atoms with E-state index >= 15 is 0 Å². The number of thioether (sulfide) groups is 1. The molecule has 11 heteroatoms. The first-order valence-electron chi connectivity index (χ1n) is 8.53. The maximum atomic E-state index is 12.5. The molecule has 1 atom stereocenters. The van der Waals surface area contributed by atoms with Crippen molar-refractivity contribution in [3.05, 3.63) is 41.2 Å². The number of hydrogen-bond donors (Lipinski definition) is 2. The number of rotatable bonds is 5. The van der Waals surface area contributed by atoms with E-state index in [1.165, 1.54) is 11.8 Å². The zero-order valence-corrected chi connectivity index (χ0v) is 15.8. The van der Waals surface area contributed by atoms with Crippen LogP contribution in [0.2, 0.25) is 0 Å². The minimum Gasteiger partial charge on any atom is -0.380 e. The molecular weight excluding hydrogens is 368 g/mol. The third-order valence-electron chi connectivity index (χ3n) is 4.49. The summed E-state index contributed by atoms with van der Waals surface area (Å²) in [6.07, 6.45) is 0.798. The van der Waals surface area contributed by atoms with Crippen LogP contribution in [0.3, 0.4) is 0 Å². The predicted molar refractivity (Wildman–Crippen MR) is 96.8 cm³/mol. The lowest BCUT2D eigenvalue weighted by Crippen LogP contribution is -2.39. The lowest BCUT2D eigenvalue weighted by molar-refractivity contribution is -0.129. The van der Waals surface area contributed by atoms with E-state index in [1.54, 1.807) is 28.9 Å². The molecule has 1 amide bonds. The summed E-state index contributed by atoms with van der Waals surface area (Å²) in [7, 11) is 1.78. The lowest BCUT2D eigenvalue weighted by atomic mass is 10.1. The Morgan fingerprint density at radius 2 is 2.30 bits per heavy atom. The third kappa shape index (κ3) is 3.60. The molecule has 0 fully saturated rings. The number of H-pyrrole nitrogens is 1. The molecule has 1 aliphatic rings. The van der Waals surface area contributed by atoms with Gasteiger partial charge in [-0.2, -0.15) is 10.2 Å². The fourth-order valence-electron chi connectivity index (χ4n) is 3.04. The molecule has 0 saturated heterocycles. The van der Waals surface area contributed by atoms with E-state index < -0.39 is 6.10 Å². The minimum atomic E-state index is -0.843. The van der Waals surface area contributed by atoms with Crippen molar-refractivity contribution in [2.45, 2.75) is 31.3 Å². The fourth-order valence-corrected chi connectivity index (χ4v) is 3.79. The second-order valence-electron chi connectivity index (χ2n) is 6.37. The van der Waals surface area contributed by atoms with Crippen molar-refractivity contribution in [1.82, 2.24) is 39.6 Å². The van der Waals surface area contributed by atoms with Gasteiger partial charge in [0, 0.05) is 19.8 Å². The van der Waals surface area contributed by atoms with Gasteiger partial charge in [0.25, 0.3) is 0 Å². The van der Waals surface area contributed by atoms with Crippen molar-refractivity contribution in [1.29, 1.82) is 0 Å². The topological polar surface area (TPSA) is 118 Å². The van der Waals surface area contributed by atoms with Crippen molar-refractivity contribution in [3.63, 3.8) is 0 Å². The number of hydrogen-bond acceptors (Lipinski definition) is 7. The number of nitrogens with one attached hydrogen (secondary N) is 1. The van der Waals surface area contributed by atoms with E-state index in [2.05, 4.69) is 25.4 Å². The molecule has 142 valence electrons. The van der Waals surface area contributed by atoms with E-state index in [9.17, 15) is 9.90 Å². The van der Waals surface area contributed by atoms with E-state index in [0.717, 1.165) is 11.5 Å². The number of nitrogens with zero attached hydrogens (tertiary/aromatic N) is 7. The zero-order valence-electron chi connectivity index (χ0n) is 15.0. The largest absolute Gasteiger partial charge is 0.380 e. The van der Waals surface area contributed by atoms with Gasteiger partial charge in [0.05, 0.1) is 35.9 Å². The van der Waals surface area contributed by atoms with Crippen molar-refractivity contribution in [2.75, 3.05) is 12.3 Å². The number of carbonyl (C=O) groups is 1. The molecule has 0 unspecified atom stereocenters. The Kier molecular flexibility index (Phi) is 4.70. The van der Waals surface area contributed by atoms with Crippen molar-refractivity contribution >= 4 is 17.7 Å². The maximum Gasteiger partial charge on any atom is 0.233 e. The minimum absolute atomic E-state index is 0.0311. The van der Waals surface area contributed by atoms with E-state index in [1.807, 2.05) is 17.7 Å². The van der Waals surface area contributed by atoms with Crippen molar-refractivity contribution in [3.8, 4) is 0 Å². The first-order chi connectivity index (χ1) is 13.0. The van der Waals surface area contributed by atoms with Crippen LogP contribution in [0, 0.1) is 6.92 Å². The summed E-state index contributed by atoms with van der Waals surface area (Å²) in [4.78, 5) is 18.5. The SMILES string of the molecule is Cc1nc(SCC(=O)N2CCn3nc([C@@H](O)c4ccnn4C)cc3C2)n[nH]1. The monoisotopic (exact) mass is 388 g/mol. The Hall–Kier alpha value is -2.66. The van der Waals surface area contributed by atoms with Crippen LogP contribution in [0.4, 0.5) is 0 Å². The summed E-state index contributed by atoms with van der Waals surface area (Å²) in [5.74, 6) is 1.05. The van der Waals surface area contributed by atoms with Gasteiger partial charge in [-0.05, 0) is 19.1 Å². The van der Waals surface area contributed by atoms with Crippen molar-refractivity contribution in [2.24, 2.45) is 7.05 Å². The van der Waals surface area contributed by atoms with Gasteiger partial charge >= 0.3 is 0 Å². The van der Waals surface area contributed by atoms with Crippen LogP contribution in [-0.2, 0) is 24.9 Å². The third-order valence-corrected chi connectivity index (χ3v) is 5.32. The summed E-state index contributed by atoms with van der Waals surface area (Å²) in [6, 6.07) is 3.61. The molecule has 0 radical (unpaired) electrons. The number of aromatic nitrogens is 7. The van der Waals surface area contributed by atoms with E-state index in [4.69, 9.17) is 0 Å². The molecule has 10 nitrogen and oxygen atoms in total. The van der Waals surface area contributed by atoms with Gasteiger partial charge in [0.15, 0.2) is 0 Å². The van der Waals surface area contributed by atoms with Crippen LogP contribution in [-0.4, -0.2) is 63.0 Å². The van der Waals surface area contributed by atoms with Crippen LogP contribution in [0.5, 0.6) is 0 Å². The molecule has 3 aromatic rings. The smallest absolute Gasteiger partial charge is 0.233 e. The van der Waals surface area contributed by atoms with Crippen LogP contribution in [0.1, 0.15) is 29.0 Å². The molecule has 1 aliphatic heterocycles. The first-order valence-corrected chi connectivity index (χ1v) is 9.52. The quantitative estimate of drug-likeness (QED) is 0.602. The Labute approximate surface area is 159 Å². The Morgan fingerprint density at radius 3 is 3.00 bits per heavy atom. The number of carbonyl (C=O) groups excluding carboxylic acids is 1. The van der Waals surface area contributed by atoms with Crippen LogP contribution in [0.15, 0.2) is 23.5 Å². The molecule has 27 heavy (non-hydrogen) atoms. The predicted octanol–water partition coefficient (Wildman–Crippen LogP) is 0.259. The average molecular weight is 388 g/mol. The highest BCUT2D eigenvalue weighted by atomic mass is 32.2. The first kappa shape index (κ1) is 17.7. The molecule has 4 rings (SSSR count). The molecule has 0 aromatic carbocycles. The molecule has 0 spiro atoms. The number of aliphatic hydroxyl groups is 1. The van der Waals surface area contributed by atoms with Gasteiger partial charge in [-0.1, -0.05) is 11.8 Å². The normalized spacial score (nSPS) is 15.0. The summed E-state index contributed by atoms with van der Waals surface area (Å²) < 4.78 is 3.48. The summed E-state index contributed by atoms with van der Waals surface area (Å²) in [5.41, 5.74) is 2.15. The highest BCUT2D eigenvalue weighted by molar-refractivity contribution is 7.99. The lowest BCUT2D eigenvalue weighted by Gasteiger charge is -2.27. The molecule has 4 heterocycles. The van der Waals surface area contributed by atoms with Gasteiger partial charge in [-0.15, -0.1) is 5.10 Å². The fraction of sp³-hybridized carbons (Fsp3) is 0.438. The van der Waals surface area contributed by atoms with Gasteiger partial charge < -0.3 is 10.0 Å². The van der Waals surface area contributed by atoms with Gasteiger partial charge in [0.1, 0.15) is 11.9 Å². The number of aromatic amines is 1. The highest BCUT2D eigenvalue weighted by Gasteiger charge is 2.25. The Morgan fingerprint density at radius 1 is 1.44 bits per heavy atom. The summed E-state index contributed by atoms with van der Waals surface area (Å²) in [6.45, 7) is 3.48. The summed E-state index contributed by atoms with van der Waals surface area (Å²) in [5, 5.41) is 26.5. The highest BCUT2D eigenvalue weighted by Crippen LogP contribution is 2.24. The maximum absolute atomic E-state index is 12.5. The molecule has 3 aromatic heterocycles. The standard InChI is InChI=1S/C16H20N8O2S/c1-10-18-16(20-19-10)27-9-14(25)23-5-6-24-11(8-23)7-12(21-24)15(26)13-3-4-17-22(13)2/h3-4,7,15,26H,5-6,8-9H2,1-2H3,(H,18,19,20)/t15-/m1/s1. The van der Waals surface area contributed by atoms with E-state index in [-0.39, 0.29) is 11.7 Å².